The summed E-state index contributed by atoms with van der Waals surface area (Å²) in [6.45, 7) is 0. The predicted octanol–water partition coefficient (Wildman–Crippen LogP) is 6.93. The first kappa shape index (κ1) is 14.7. The van der Waals surface area contributed by atoms with E-state index in [1.807, 2.05) is 36.4 Å². The Morgan fingerprint density at radius 1 is 0.870 bits per heavy atom. The topological polar surface area (TPSA) is 12.9 Å². The molecule has 112 valence electrons. The zero-order valence-corrected chi connectivity index (χ0v) is 14.3. The minimum atomic E-state index is 0.559. The molecule has 1 aromatic heterocycles. The van der Waals surface area contributed by atoms with Gasteiger partial charge >= 0.3 is 0 Å². The zero-order valence-electron chi connectivity index (χ0n) is 12.0. The van der Waals surface area contributed by atoms with Gasteiger partial charge in [0.1, 0.15) is 5.01 Å². The van der Waals surface area contributed by atoms with Crippen LogP contribution in [0.2, 0.25) is 10.0 Å². The van der Waals surface area contributed by atoms with Crippen LogP contribution < -0.4 is 0 Å². The van der Waals surface area contributed by atoms with Crippen LogP contribution in [0.4, 0.5) is 0 Å². The van der Waals surface area contributed by atoms with Gasteiger partial charge in [-0.1, -0.05) is 71.7 Å². The van der Waals surface area contributed by atoms with Crippen LogP contribution in [0, 0.1) is 0 Å². The van der Waals surface area contributed by atoms with Gasteiger partial charge in [-0.25, -0.2) is 4.98 Å². The van der Waals surface area contributed by atoms with Gasteiger partial charge in [-0.3, -0.25) is 0 Å². The predicted molar refractivity (Wildman–Crippen MR) is 103 cm³/mol. The minimum absolute atomic E-state index is 0.559. The van der Waals surface area contributed by atoms with E-state index < -0.39 is 0 Å². The normalized spacial score (nSPS) is 11.7. The van der Waals surface area contributed by atoms with Crippen molar-refractivity contribution in [2.45, 2.75) is 0 Å². The highest BCUT2D eigenvalue weighted by Crippen LogP contribution is 2.31. The van der Waals surface area contributed by atoms with Gasteiger partial charge in [-0.15, -0.1) is 11.3 Å². The van der Waals surface area contributed by atoms with Crippen molar-refractivity contribution in [1.29, 1.82) is 0 Å². The van der Waals surface area contributed by atoms with Crippen molar-refractivity contribution in [3.63, 3.8) is 0 Å². The summed E-state index contributed by atoms with van der Waals surface area (Å²) in [4.78, 5) is 4.76. The maximum atomic E-state index is 6.22. The second kappa shape index (κ2) is 5.97. The van der Waals surface area contributed by atoms with Crippen molar-refractivity contribution >= 4 is 67.7 Å². The summed E-state index contributed by atoms with van der Waals surface area (Å²) in [6.07, 6.45) is 3.94. The summed E-state index contributed by atoms with van der Waals surface area (Å²) in [5, 5.41) is 4.47. The molecule has 0 amide bonds. The van der Waals surface area contributed by atoms with Crippen molar-refractivity contribution in [3.8, 4) is 0 Å². The fraction of sp³-hybridized carbons (Fsp3) is 0. The highest BCUT2D eigenvalue weighted by atomic mass is 35.5. The van der Waals surface area contributed by atoms with E-state index in [1.165, 1.54) is 15.5 Å². The van der Waals surface area contributed by atoms with Gasteiger partial charge in [0, 0.05) is 5.39 Å². The maximum absolute atomic E-state index is 6.22. The first-order chi connectivity index (χ1) is 11.2. The fourth-order valence-corrected chi connectivity index (χ4v) is 3.82. The van der Waals surface area contributed by atoms with Crippen LogP contribution in [0.1, 0.15) is 10.6 Å². The molecule has 3 aromatic carbocycles. The van der Waals surface area contributed by atoms with Gasteiger partial charge in [-0.2, -0.15) is 0 Å². The Morgan fingerprint density at radius 2 is 1.74 bits per heavy atom. The molecule has 4 heteroatoms. The van der Waals surface area contributed by atoms with E-state index in [0.29, 0.717) is 10.0 Å². The number of fused-ring (bicyclic) bond motifs is 3. The Balaban J connectivity index is 1.79. The minimum Gasteiger partial charge on any atom is -0.236 e. The smallest absolute Gasteiger partial charge is 0.117 e. The number of hydrogen-bond acceptors (Lipinski definition) is 2. The lowest BCUT2D eigenvalue weighted by atomic mass is 10.1. The van der Waals surface area contributed by atoms with Gasteiger partial charge in [0.25, 0.3) is 0 Å². The second-order valence-electron chi connectivity index (χ2n) is 5.16. The Morgan fingerprint density at radius 3 is 2.65 bits per heavy atom. The van der Waals surface area contributed by atoms with Crippen LogP contribution in [0.3, 0.4) is 0 Å². The summed E-state index contributed by atoms with van der Waals surface area (Å²) in [6, 6.07) is 18.2. The summed E-state index contributed by atoms with van der Waals surface area (Å²) < 4.78 is 1.18. The molecule has 0 aliphatic carbocycles. The lowest BCUT2D eigenvalue weighted by Crippen LogP contribution is -1.77. The number of aromatic nitrogens is 1. The average molecular weight is 356 g/mol. The van der Waals surface area contributed by atoms with Crippen molar-refractivity contribution in [2.75, 3.05) is 0 Å². The number of halogens is 2. The number of rotatable bonds is 2. The van der Waals surface area contributed by atoms with E-state index in [4.69, 9.17) is 28.2 Å². The molecular formula is C19H11Cl2NS. The van der Waals surface area contributed by atoms with Crippen molar-refractivity contribution in [2.24, 2.45) is 0 Å². The molecule has 0 bridgehead atoms. The van der Waals surface area contributed by atoms with Gasteiger partial charge in [0.15, 0.2) is 0 Å². The SMILES string of the molecule is Clc1cccc(C=Cc2nc3c(ccc4ccccc43)s2)c1Cl. The molecule has 4 aromatic rings. The largest absolute Gasteiger partial charge is 0.236 e. The quantitative estimate of drug-likeness (QED) is 0.380. The molecule has 0 unspecified atom stereocenters. The molecule has 0 N–H and O–H groups in total. The first-order valence-electron chi connectivity index (χ1n) is 7.13. The molecule has 4 rings (SSSR count). The van der Waals surface area contributed by atoms with E-state index in [-0.39, 0.29) is 0 Å². The van der Waals surface area contributed by atoms with Crippen LogP contribution in [0.25, 0.3) is 33.1 Å². The highest BCUT2D eigenvalue weighted by Gasteiger charge is 2.06. The van der Waals surface area contributed by atoms with Crippen molar-refractivity contribution < 1.29 is 0 Å². The number of nitrogens with zero attached hydrogens (tertiary/aromatic N) is 1. The van der Waals surface area contributed by atoms with E-state index >= 15 is 0 Å². The monoisotopic (exact) mass is 355 g/mol. The molecule has 0 aliphatic rings. The molecule has 0 atom stereocenters. The van der Waals surface area contributed by atoms with E-state index in [2.05, 4.69) is 24.3 Å². The number of benzene rings is 3. The number of thiazole rings is 1. The first-order valence-corrected chi connectivity index (χ1v) is 8.70. The van der Waals surface area contributed by atoms with Crippen LogP contribution >= 0.6 is 34.5 Å². The Bertz CT molecular complexity index is 1050. The molecule has 23 heavy (non-hydrogen) atoms. The molecule has 1 heterocycles. The summed E-state index contributed by atoms with van der Waals surface area (Å²) in [5.74, 6) is 0. The number of hydrogen-bond donors (Lipinski definition) is 0. The lowest BCUT2D eigenvalue weighted by Gasteiger charge is -1.99. The van der Waals surface area contributed by atoms with E-state index in [1.54, 1.807) is 17.4 Å². The Labute approximate surface area is 147 Å². The Hall–Kier alpha value is -1.87. The molecule has 0 radical (unpaired) electrons. The fourth-order valence-electron chi connectivity index (χ4n) is 2.56. The average Bonchev–Trinajstić information content (AvgIpc) is 3.00. The standard InChI is InChI=1S/C19H11Cl2NS/c20-15-7-3-5-13(18(15)21)9-11-17-22-19-14-6-2-1-4-12(14)8-10-16(19)23-17/h1-11H. The third-order valence-electron chi connectivity index (χ3n) is 3.69. The van der Waals surface area contributed by atoms with Crippen LogP contribution in [-0.2, 0) is 0 Å². The van der Waals surface area contributed by atoms with Crippen LogP contribution in [0.5, 0.6) is 0 Å². The third kappa shape index (κ3) is 2.74. The van der Waals surface area contributed by atoms with Gasteiger partial charge in [0.2, 0.25) is 0 Å². The molecule has 0 spiro atoms. The molecular weight excluding hydrogens is 345 g/mol. The zero-order chi connectivity index (χ0) is 15.8. The van der Waals surface area contributed by atoms with E-state index in [9.17, 15) is 0 Å². The lowest BCUT2D eigenvalue weighted by molar-refractivity contribution is 1.48. The molecule has 1 nitrogen and oxygen atoms in total. The summed E-state index contributed by atoms with van der Waals surface area (Å²) >= 11 is 13.9. The maximum Gasteiger partial charge on any atom is 0.117 e. The van der Waals surface area contributed by atoms with Gasteiger partial charge in [0.05, 0.1) is 20.3 Å². The summed E-state index contributed by atoms with van der Waals surface area (Å²) in [5.41, 5.74) is 1.94. The molecule has 0 aliphatic heterocycles. The molecule has 0 saturated carbocycles. The highest BCUT2D eigenvalue weighted by molar-refractivity contribution is 7.19. The summed E-state index contributed by atoms with van der Waals surface area (Å²) in [7, 11) is 0. The van der Waals surface area contributed by atoms with E-state index in [0.717, 1.165) is 16.1 Å². The third-order valence-corrected chi connectivity index (χ3v) is 5.51. The molecule has 0 saturated heterocycles. The van der Waals surface area contributed by atoms with Gasteiger partial charge < -0.3 is 0 Å². The molecule has 0 fully saturated rings. The van der Waals surface area contributed by atoms with Gasteiger partial charge in [-0.05, 0) is 29.2 Å². The Kier molecular flexibility index (Phi) is 3.82. The second-order valence-corrected chi connectivity index (χ2v) is 7.01. The van der Waals surface area contributed by atoms with Crippen molar-refractivity contribution in [1.82, 2.24) is 4.98 Å². The van der Waals surface area contributed by atoms with Crippen LogP contribution in [-0.4, -0.2) is 4.98 Å². The van der Waals surface area contributed by atoms with Crippen molar-refractivity contribution in [3.05, 3.63) is 75.2 Å². The van der Waals surface area contributed by atoms with Crippen LogP contribution in [0.15, 0.2) is 54.6 Å².